The van der Waals surface area contributed by atoms with Crippen molar-refractivity contribution >= 4 is 11.5 Å². The zero-order valence-corrected chi connectivity index (χ0v) is 11.5. The van der Waals surface area contributed by atoms with Gasteiger partial charge in [0.15, 0.2) is 0 Å². The van der Waals surface area contributed by atoms with Crippen molar-refractivity contribution in [3.05, 3.63) is 40.5 Å². The lowest BCUT2D eigenvalue weighted by Crippen LogP contribution is -2.07. The van der Waals surface area contributed by atoms with E-state index < -0.39 is 4.92 Å². The van der Waals surface area contributed by atoms with Gasteiger partial charge in [-0.1, -0.05) is 13.8 Å². The van der Waals surface area contributed by atoms with Crippen molar-refractivity contribution in [2.24, 2.45) is 0 Å². The fourth-order valence-electron chi connectivity index (χ4n) is 1.88. The average Bonchev–Trinajstić information content (AvgIpc) is 2.93. The van der Waals surface area contributed by atoms with Gasteiger partial charge >= 0.3 is 0 Å². The quantitative estimate of drug-likeness (QED) is 0.646. The van der Waals surface area contributed by atoms with E-state index in [9.17, 15) is 10.1 Å². The van der Waals surface area contributed by atoms with Crippen molar-refractivity contribution in [3.8, 4) is 5.82 Å². The van der Waals surface area contributed by atoms with E-state index in [4.69, 9.17) is 0 Å². The van der Waals surface area contributed by atoms with E-state index in [1.165, 1.54) is 12.1 Å². The van der Waals surface area contributed by atoms with Gasteiger partial charge in [0, 0.05) is 25.4 Å². The molecule has 7 heteroatoms. The predicted octanol–water partition coefficient (Wildman–Crippen LogP) is 2.56. The summed E-state index contributed by atoms with van der Waals surface area (Å²) in [7, 11) is 0. The number of aromatic nitrogens is 3. The molecular formula is C13H17N5O2. The monoisotopic (exact) mass is 275 g/mol. The number of rotatable bonds is 6. The molecule has 0 atom stereocenters. The molecule has 0 aliphatic heterocycles. The Morgan fingerprint density at radius 2 is 2.20 bits per heavy atom. The molecular weight excluding hydrogens is 258 g/mol. The van der Waals surface area contributed by atoms with Gasteiger partial charge in [-0.05, 0) is 6.42 Å². The lowest BCUT2D eigenvalue weighted by molar-refractivity contribution is -0.384. The molecule has 1 N–H and O–H groups in total. The van der Waals surface area contributed by atoms with Crippen LogP contribution in [0.4, 0.5) is 11.5 Å². The summed E-state index contributed by atoms with van der Waals surface area (Å²) in [6, 6.07) is 2.90. The lowest BCUT2D eigenvalue weighted by atomic mass is 10.3. The zero-order chi connectivity index (χ0) is 14.5. The first-order valence-electron chi connectivity index (χ1n) is 6.58. The van der Waals surface area contributed by atoms with E-state index in [-0.39, 0.29) is 5.69 Å². The van der Waals surface area contributed by atoms with E-state index in [0.29, 0.717) is 11.6 Å². The van der Waals surface area contributed by atoms with Crippen LogP contribution in [0.25, 0.3) is 5.82 Å². The number of aryl methyl sites for hydroxylation is 1. The van der Waals surface area contributed by atoms with Gasteiger partial charge in [-0.25, -0.2) is 9.97 Å². The Kier molecular flexibility index (Phi) is 4.29. The number of anilines is 1. The molecule has 0 radical (unpaired) electrons. The molecule has 0 aromatic carbocycles. The highest BCUT2D eigenvalue weighted by Gasteiger charge is 2.13. The van der Waals surface area contributed by atoms with Crippen LogP contribution < -0.4 is 5.32 Å². The first-order valence-corrected chi connectivity index (χ1v) is 6.58. The van der Waals surface area contributed by atoms with Crippen LogP contribution in [0.2, 0.25) is 0 Å². The maximum Gasteiger partial charge on any atom is 0.276 e. The molecule has 0 amide bonds. The van der Waals surface area contributed by atoms with Crippen LogP contribution in [0.1, 0.15) is 26.1 Å². The first-order chi connectivity index (χ1) is 9.65. The molecule has 20 heavy (non-hydrogen) atoms. The van der Waals surface area contributed by atoms with Gasteiger partial charge in [-0.2, -0.15) is 0 Å². The molecule has 0 saturated carbocycles. The van der Waals surface area contributed by atoms with Gasteiger partial charge in [0.25, 0.3) is 5.69 Å². The Labute approximate surface area is 116 Å². The van der Waals surface area contributed by atoms with Gasteiger partial charge in [-0.15, -0.1) is 0 Å². The summed E-state index contributed by atoms with van der Waals surface area (Å²) in [5.41, 5.74) is 0.0179. The molecule has 2 rings (SSSR count). The highest BCUT2D eigenvalue weighted by molar-refractivity contribution is 5.50. The summed E-state index contributed by atoms with van der Waals surface area (Å²) in [6.45, 7) is 4.72. The molecule has 2 heterocycles. The van der Waals surface area contributed by atoms with Crippen LogP contribution in [0.3, 0.4) is 0 Å². The van der Waals surface area contributed by atoms with Gasteiger partial charge < -0.3 is 5.32 Å². The minimum atomic E-state index is -0.412. The average molecular weight is 275 g/mol. The highest BCUT2D eigenvalue weighted by Crippen LogP contribution is 2.21. The molecule has 106 valence electrons. The zero-order valence-electron chi connectivity index (χ0n) is 11.5. The van der Waals surface area contributed by atoms with Crippen LogP contribution in [0.5, 0.6) is 0 Å². The molecule has 0 bridgehead atoms. The second-order valence-electron chi connectivity index (χ2n) is 4.32. The molecule has 0 aliphatic rings. The second kappa shape index (κ2) is 6.14. The standard InChI is InChI=1S/C13H17N5O2/c1-3-5-14-11-8-10(18(19)20)9-13(16-11)17-7-6-15-12(17)4-2/h6-9H,3-5H2,1-2H3,(H,14,16). The summed E-state index contributed by atoms with van der Waals surface area (Å²) in [4.78, 5) is 19.2. The van der Waals surface area contributed by atoms with E-state index in [1.807, 2.05) is 13.8 Å². The smallest absolute Gasteiger partial charge is 0.276 e. The molecule has 0 unspecified atom stereocenters. The molecule has 2 aromatic heterocycles. The maximum atomic E-state index is 11.0. The van der Waals surface area contributed by atoms with E-state index in [2.05, 4.69) is 15.3 Å². The molecule has 2 aromatic rings. The van der Waals surface area contributed by atoms with Gasteiger partial charge in [0.1, 0.15) is 17.5 Å². The molecule has 7 nitrogen and oxygen atoms in total. The van der Waals surface area contributed by atoms with Crippen LogP contribution in [0, 0.1) is 10.1 Å². The Morgan fingerprint density at radius 1 is 1.40 bits per heavy atom. The maximum absolute atomic E-state index is 11.0. The molecule has 0 saturated heterocycles. The van der Waals surface area contributed by atoms with E-state index in [0.717, 1.165) is 25.2 Å². The molecule has 0 aliphatic carbocycles. The number of hydrogen-bond donors (Lipinski definition) is 1. The fourth-order valence-corrected chi connectivity index (χ4v) is 1.88. The minimum Gasteiger partial charge on any atom is -0.370 e. The van der Waals surface area contributed by atoms with E-state index in [1.54, 1.807) is 17.0 Å². The third-order valence-electron chi connectivity index (χ3n) is 2.84. The molecule has 0 fully saturated rings. The van der Waals surface area contributed by atoms with Crippen LogP contribution >= 0.6 is 0 Å². The number of imidazole rings is 1. The highest BCUT2D eigenvalue weighted by atomic mass is 16.6. The summed E-state index contributed by atoms with van der Waals surface area (Å²) < 4.78 is 1.77. The molecule has 0 spiro atoms. The number of pyridine rings is 1. The summed E-state index contributed by atoms with van der Waals surface area (Å²) >= 11 is 0. The topological polar surface area (TPSA) is 85.9 Å². The van der Waals surface area contributed by atoms with Gasteiger partial charge in [0.05, 0.1) is 17.1 Å². The van der Waals surface area contributed by atoms with E-state index >= 15 is 0 Å². The number of nitrogens with one attached hydrogen (secondary N) is 1. The second-order valence-corrected chi connectivity index (χ2v) is 4.32. The van der Waals surface area contributed by atoms with Crippen molar-refractivity contribution in [2.45, 2.75) is 26.7 Å². The normalized spacial score (nSPS) is 10.5. The van der Waals surface area contributed by atoms with Gasteiger partial charge in [-0.3, -0.25) is 14.7 Å². The van der Waals surface area contributed by atoms with Crippen molar-refractivity contribution < 1.29 is 4.92 Å². The van der Waals surface area contributed by atoms with Crippen molar-refractivity contribution in [1.29, 1.82) is 0 Å². The SMILES string of the molecule is CCCNc1cc([N+](=O)[O-])cc(-n2ccnc2CC)n1. The minimum absolute atomic E-state index is 0.0179. The Morgan fingerprint density at radius 3 is 2.85 bits per heavy atom. The largest absolute Gasteiger partial charge is 0.370 e. The summed E-state index contributed by atoms with van der Waals surface area (Å²) in [5.74, 6) is 1.83. The van der Waals surface area contributed by atoms with Crippen molar-refractivity contribution in [1.82, 2.24) is 14.5 Å². The van der Waals surface area contributed by atoms with Crippen molar-refractivity contribution in [3.63, 3.8) is 0 Å². The predicted molar refractivity (Wildman–Crippen MR) is 76.2 cm³/mol. The third kappa shape index (κ3) is 2.93. The van der Waals surface area contributed by atoms with Crippen LogP contribution in [-0.4, -0.2) is 26.0 Å². The van der Waals surface area contributed by atoms with Crippen molar-refractivity contribution in [2.75, 3.05) is 11.9 Å². The number of nitro groups is 1. The van der Waals surface area contributed by atoms with Crippen LogP contribution in [-0.2, 0) is 6.42 Å². The van der Waals surface area contributed by atoms with Crippen LogP contribution in [0.15, 0.2) is 24.5 Å². The Balaban J connectivity index is 2.46. The van der Waals surface area contributed by atoms with Gasteiger partial charge in [0.2, 0.25) is 0 Å². The summed E-state index contributed by atoms with van der Waals surface area (Å²) in [5, 5.41) is 14.1. The first kappa shape index (κ1) is 14.0. The third-order valence-corrected chi connectivity index (χ3v) is 2.84. The fraction of sp³-hybridized carbons (Fsp3) is 0.385. The number of hydrogen-bond acceptors (Lipinski definition) is 5. The Hall–Kier alpha value is -2.44. The number of nitrogens with zero attached hydrogens (tertiary/aromatic N) is 4. The lowest BCUT2D eigenvalue weighted by Gasteiger charge is -2.09. The summed E-state index contributed by atoms with van der Waals surface area (Å²) in [6.07, 6.45) is 5.08. The Bertz CT molecular complexity index is 609.